The summed E-state index contributed by atoms with van der Waals surface area (Å²) in [5.74, 6) is -0.523. The van der Waals surface area contributed by atoms with Crippen LogP contribution in [0.15, 0.2) is 24.3 Å². The number of ether oxygens (including phenoxy) is 1. The van der Waals surface area contributed by atoms with Crippen molar-refractivity contribution in [3.8, 4) is 5.75 Å². The van der Waals surface area contributed by atoms with Crippen molar-refractivity contribution < 1.29 is 19.7 Å². The predicted octanol–water partition coefficient (Wildman–Crippen LogP) is 1.20. The number of aliphatic hydroxyl groups excluding tert-OH is 1. The summed E-state index contributed by atoms with van der Waals surface area (Å²) in [6, 6.07) is 6.37. The van der Waals surface area contributed by atoms with Crippen LogP contribution in [0.2, 0.25) is 0 Å². The zero-order valence-corrected chi connectivity index (χ0v) is 9.60. The number of rotatable bonds is 3. The summed E-state index contributed by atoms with van der Waals surface area (Å²) < 4.78 is 4.51. The molecule has 0 saturated heterocycles. The first-order valence-corrected chi connectivity index (χ1v) is 4.95. The van der Waals surface area contributed by atoms with Gasteiger partial charge in [-0.15, -0.1) is 0 Å². The van der Waals surface area contributed by atoms with E-state index < -0.39 is 17.5 Å². The molecule has 0 aromatic heterocycles. The molecule has 0 heterocycles. The number of hydrogen-bond donors (Lipinski definition) is 2. The number of methoxy groups -OCH3 is 1. The van der Waals surface area contributed by atoms with Gasteiger partial charge in [-0.05, 0) is 17.7 Å². The smallest absolute Gasteiger partial charge is 0.335 e. The van der Waals surface area contributed by atoms with Crippen molar-refractivity contribution in [2.45, 2.75) is 25.4 Å². The van der Waals surface area contributed by atoms with Gasteiger partial charge in [-0.3, -0.25) is 0 Å². The highest BCUT2D eigenvalue weighted by Crippen LogP contribution is 2.28. The second-order valence-electron chi connectivity index (χ2n) is 4.19. The van der Waals surface area contributed by atoms with Crippen molar-refractivity contribution >= 4 is 5.97 Å². The van der Waals surface area contributed by atoms with Crippen molar-refractivity contribution in [2.75, 3.05) is 7.11 Å². The molecule has 1 aromatic carbocycles. The molecule has 0 fully saturated rings. The van der Waals surface area contributed by atoms with Gasteiger partial charge >= 0.3 is 5.97 Å². The van der Waals surface area contributed by atoms with E-state index in [2.05, 4.69) is 4.74 Å². The summed E-state index contributed by atoms with van der Waals surface area (Å²) in [5.41, 5.74) is -0.0101. The number of benzene rings is 1. The number of carbonyl (C=O) groups is 1. The molecule has 4 nitrogen and oxygen atoms in total. The van der Waals surface area contributed by atoms with E-state index in [9.17, 15) is 9.90 Å². The number of phenolic OH excluding ortho intramolecular Hbond substituents is 1. The number of aromatic hydroxyl groups is 1. The molecule has 1 atom stereocenters. The van der Waals surface area contributed by atoms with Crippen molar-refractivity contribution in [1.82, 2.24) is 0 Å². The van der Waals surface area contributed by atoms with Crippen molar-refractivity contribution in [1.29, 1.82) is 0 Å². The van der Waals surface area contributed by atoms with Crippen molar-refractivity contribution in [2.24, 2.45) is 0 Å². The molecule has 0 spiro atoms. The maximum Gasteiger partial charge on any atom is 0.335 e. The normalized spacial score (nSPS) is 13.2. The first kappa shape index (κ1) is 12.5. The molecule has 4 heteroatoms. The molecule has 0 aliphatic carbocycles. The third-order valence-corrected chi connectivity index (χ3v) is 2.72. The minimum absolute atomic E-state index is 0.145. The molecular formula is C12H16O4. The van der Waals surface area contributed by atoms with Gasteiger partial charge in [-0.1, -0.05) is 26.0 Å². The lowest BCUT2D eigenvalue weighted by Crippen LogP contribution is -2.40. The molecule has 1 rings (SSSR count). The van der Waals surface area contributed by atoms with E-state index >= 15 is 0 Å². The highest BCUT2D eigenvalue weighted by molar-refractivity contribution is 5.76. The number of hydrogen-bond acceptors (Lipinski definition) is 4. The SMILES string of the molecule is COC(=O)C(O)C(C)(C)c1ccc(O)cc1. The van der Waals surface area contributed by atoms with Gasteiger partial charge in [0.1, 0.15) is 5.75 Å². The van der Waals surface area contributed by atoms with E-state index in [4.69, 9.17) is 5.11 Å². The van der Waals surface area contributed by atoms with E-state index in [0.29, 0.717) is 0 Å². The van der Waals surface area contributed by atoms with E-state index in [1.807, 2.05) is 0 Å². The molecule has 0 aliphatic heterocycles. The van der Waals surface area contributed by atoms with Crippen LogP contribution >= 0.6 is 0 Å². The first-order chi connectivity index (χ1) is 7.39. The Kier molecular flexibility index (Phi) is 3.55. The number of aliphatic hydroxyl groups is 1. The highest BCUT2D eigenvalue weighted by atomic mass is 16.5. The standard InChI is InChI=1S/C12H16O4/c1-12(2,10(14)11(15)16-3)8-4-6-9(13)7-5-8/h4-7,10,13-14H,1-3H3. The first-order valence-electron chi connectivity index (χ1n) is 4.95. The third kappa shape index (κ3) is 2.33. The number of esters is 1. The van der Waals surface area contributed by atoms with Crippen LogP contribution in [0.1, 0.15) is 19.4 Å². The lowest BCUT2D eigenvalue weighted by Gasteiger charge is -2.29. The fraction of sp³-hybridized carbons (Fsp3) is 0.417. The largest absolute Gasteiger partial charge is 0.508 e. The maximum absolute atomic E-state index is 11.3. The maximum atomic E-state index is 11.3. The minimum Gasteiger partial charge on any atom is -0.508 e. The number of phenols is 1. The Hall–Kier alpha value is -1.55. The van der Waals surface area contributed by atoms with Crippen molar-refractivity contribution in [3.05, 3.63) is 29.8 Å². The average Bonchev–Trinajstić information content (AvgIpc) is 2.27. The Bertz CT molecular complexity index is 367. The molecule has 0 radical (unpaired) electrons. The molecule has 0 saturated carbocycles. The Morgan fingerprint density at radius 3 is 2.25 bits per heavy atom. The van der Waals surface area contributed by atoms with E-state index in [1.54, 1.807) is 26.0 Å². The predicted molar refractivity (Wildman–Crippen MR) is 59.2 cm³/mol. The third-order valence-electron chi connectivity index (χ3n) is 2.72. The topological polar surface area (TPSA) is 66.8 Å². The van der Waals surface area contributed by atoms with Gasteiger partial charge in [0.25, 0.3) is 0 Å². The monoisotopic (exact) mass is 224 g/mol. The summed E-state index contributed by atoms with van der Waals surface area (Å²) in [5, 5.41) is 19.0. The Morgan fingerprint density at radius 2 is 1.81 bits per heavy atom. The second-order valence-corrected chi connectivity index (χ2v) is 4.19. The Morgan fingerprint density at radius 1 is 1.31 bits per heavy atom. The fourth-order valence-corrected chi connectivity index (χ4v) is 1.46. The van der Waals surface area contributed by atoms with Crippen LogP contribution in [0.5, 0.6) is 5.75 Å². The fourth-order valence-electron chi connectivity index (χ4n) is 1.46. The van der Waals surface area contributed by atoms with Crippen LogP contribution in [-0.2, 0) is 14.9 Å². The molecular weight excluding hydrogens is 208 g/mol. The van der Waals surface area contributed by atoms with Crippen LogP contribution in [0, 0.1) is 0 Å². The molecule has 2 N–H and O–H groups in total. The summed E-state index contributed by atoms with van der Waals surface area (Å²) in [7, 11) is 1.23. The van der Waals surface area contributed by atoms with Gasteiger partial charge in [-0.25, -0.2) is 4.79 Å². The van der Waals surface area contributed by atoms with Gasteiger partial charge in [-0.2, -0.15) is 0 Å². The van der Waals surface area contributed by atoms with Crippen molar-refractivity contribution in [3.63, 3.8) is 0 Å². The Balaban J connectivity index is 3.01. The summed E-state index contributed by atoms with van der Waals surface area (Å²) in [6.07, 6.45) is -1.23. The number of carbonyl (C=O) groups excluding carboxylic acids is 1. The lowest BCUT2D eigenvalue weighted by molar-refractivity contribution is -0.153. The van der Waals surface area contributed by atoms with Gasteiger partial charge in [0, 0.05) is 5.41 Å². The molecule has 88 valence electrons. The average molecular weight is 224 g/mol. The molecule has 0 bridgehead atoms. The van der Waals surface area contributed by atoms with Gasteiger partial charge in [0.2, 0.25) is 0 Å². The second kappa shape index (κ2) is 4.53. The quantitative estimate of drug-likeness (QED) is 0.757. The van der Waals surface area contributed by atoms with Crippen LogP contribution < -0.4 is 0 Å². The van der Waals surface area contributed by atoms with E-state index in [1.165, 1.54) is 19.2 Å². The zero-order valence-electron chi connectivity index (χ0n) is 9.60. The minimum atomic E-state index is -1.23. The molecule has 1 unspecified atom stereocenters. The lowest BCUT2D eigenvalue weighted by atomic mass is 9.79. The van der Waals surface area contributed by atoms with Gasteiger partial charge in [0.15, 0.2) is 6.10 Å². The van der Waals surface area contributed by atoms with Crippen LogP contribution in [0.25, 0.3) is 0 Å². The molecule has 16 heavy (non-hydrogen) atoms. The summed E-state index contributed by atoms with van der Waals surface area (Å²) in [6.45, 7) is 3.47. The Labute approximate surface area is 94.5 Å². The van der Waals surface area contributed by atoms with Crippen LogP contribution in [0.4, 0.5) is 0 Å². The van der Waals surface area contributed by atoms with Crippen LogP contribution in [-0.4, -0.2) is 29.4 Å². The van der Waals surface area contributed by atoms with Gasteiger partial charge in [0.05, 0.1) is 7.11 Å². The zero-order chi connectivity index (χ0) is 12.3. The molecule has 0 amide bonds. The molecule has 1 aromatic rings. The molecule has 0 aliphatic rings. The van der Waals surface area contributed by atoms with E-state index in [0.717, 1.165) is 5.56 Å². The van der Waals surface area contributed by atoms with Crippen LogP contribution in [0.3, 0.4) is 0 Å². The van der Waals surface area contributed by atoms with Gasteiger partial charge < -0.3 is 14.9 Å². The highest BCUT2D eigenvalue weighted by Gasteiger charge is 2.35. The summed E-state index contributed by atoms with van der Waals surface area (Å²) in [4.78, 5) is 11.3. The van der Waals surface area contributed by atoms with E-state index in [-0.39, 0.29) is 5.75 Å². The summed E-state index contributed by atoms with van der Waals surface area (Å²) >= 11 is 0.